The smallest absolute Gasteiger partial charge is 0.329 e. The molecule has 0 aromatic carbocycles. The van der Waals surface area contributed by atoms with Crippen molar-refractivity contribution < 1.29 is 82.1 Å². The first-order valence-electron chi connectivity index (χ1n) is 41.6. The normalized spacial score (nSPS) is 24.9. The lowest BCUT2D eigenvalue weighted by Crippen LogP contribution is -2.62. The van der Waals surface area contributed by atoms with Crippen LogP contribution in [0.3, 0.4) is 0 Å². The molecule has 642 valence electrons. The molecule has 33 heteroatoms. The number of carbonyl (C=O) groups is 14. The highest BCUT2D eigenvalue weighted by Crippen LogP contribution is 2.25. The van der Waals surface area contributed by atoms with Crippen molar-refractivity contribution in [3.8, 4) is 0 Å². The molecule has 2 rings (SSSR count). The Kier molecular flexibility index (Phi) is 49.5. The van der Waals surface area contributed by atoms with Gasteiger partial charge in [0.1, 0.15) is 78.6 Å². The summed E-state index contributed by atoms with van der Waals surface area (Å²) in [6, 6.07) is -17.4. The maximum Gasteiger partial charge on any atom is 0.329 e. The van der Waals surface area contributed by atoms with Gasteiger partial charge >= 0.3 is 5.97 Å². The Morgan fingerprint density at radius 2 is 0.929 bits per heavy atom. The van der Waals surface area contributed by atoms with E-state index in [2.05, 4.69) is 65.4 Å². The lowest BCUT2D eigenvalue weighted by molar-refractivity contribution is -0.157. The summed E-state index contributed by atoms with van der Waals surface area (Å²) < 4.78 is 6.15. The van der Waals surface area contributed by atoms with E-state index in [1.807, 2.05) is 0 Å². The lowest BCUT2D eigenvalue weighted by Gasteiger charge is -2.33. The number of ketones is 1. The summed E-state index contributed by atoms with van der Waals surface area (Å²) in [5.74, 6) is -16.5. The van der Waals surface area contributed by atoms with Crippen LogP contribution in [0.1, 0.15) is 256 Å². The maximum absolute atomic E-state index is 15.4. The van der Waals surface area contributed by atoms with Crippen molar-refractivity contribution in [1.29, 1.82) is 0 Å². The van der Waals surface area contributed by atoms with Crippen LogP contribution in [0.2, 0.25) is 0 Å². The molecule has 0 aromatic rings. The number of hydrogen-bond acceptors (Lipinski definition) is 21. The number of aliphatic hydroxyl groups excluding tert-OH is 2. The fraction of sp³-hybridized carbons (Fsp3) is 0.823. The van der Waals surface area contributed by atoms with Gasteiger partial charge in [0.25, 0.3) is 0 Å². The summed E-state index contributed by atoms with van der Waals surface area (Å²) in [6.45, 7) is 19.0. The molecule has 0 radical (unpaired) electrons. The third-order valence-corrected chi connectivity index (χ3v) is 21.3. The van der Waals surface area contributed by atoms with Crippen LogP contribution >= 0.6 is 0 Å². The number of amides is 12. The molecule has 2 aliphatic heterocycles. The van der Waals surface area contributed by atoms with E-state index in [-0.39, 0.29) is 89.9 Å². The van der Waals surface area contributed by atoms with Gasteiger partial charge in [-0.2, -0.15) is 0 Å². The SMILES string of the molecule is CCCCCCCCCCCC(=O)N[C@H](CCCCN)C(=O)N[C@H](C(=O)N[C@@H]1C(=O)C[C@H](CCCCN)C(=O)N[C@@H](CO)C(=O)N[C@@H](C(C)C)C(=O)N[C@H](CCCCN)C(=O)N[C@H](CO)C(=O)N[C@@H]([C@@H](C)CC)C(=O)N2CCC[C@H]2C(=O)N[C@@H](C(C)C)C(=O)N[C@@H](CCCCN)C(=O)N[C@@H]([C@@H](C)CC)C(=O)O[C@@H]1C)C(C)C. The zero-order chi connectivity index (χ0) is 84.2. The molecular weight excluding hydrogens is 1440 g/mol. The molecule has 0 bridgehead atoms. The molecular formula is C79H144N16O17. The predicted octanol–water partition coefficient (Wildman–Crippen LogP) is 1.31. The number of Topliss-reactive ketones (excluding diaryl/α,β-unsaturated/α-hetero) is 1. The molecule has 0 spiro atoms. The molecule has 2 heterocycles. The number of hydrogen-bond donors (Lipinski definition) is 17. The average molecular weight is 1590 g/mol. The fourth-order valence-electron chi connectivity index (χ4n) is 13.6. The Morgan fingerprint density at radius 1 is 0.491 bits per heavy atom. The van der Waals surface area contributed by atoms with E-state index < -0.39 is 210 Å². The van der Waals surface area contributed by atoms with Gasteiger partial charge < -0.3 is 101 Å². The van der Waals surface area contributed by atoms with Crippen LogP contribution in [0.15, 0.2) is 0 Å². The second kappa shape index (κ2) is 55.1. The third kappa shape index (κ3) is 35.1. The Balaban J connectivity index is 2.98. The van der Waals surface area contributed by atoms with Crippen LogP contribution < -0.4 is 81.4 Å². The van der Waals surface area contributed by atoms with E-state index in [4.69, 9.17) is 27.7 Å². The third-order valence-electron chi connectivity index (χ3n) is 21.3. The van der Waals surface area contributed by atoms with Crippen molar-refractivity contribution in [1.82, 2.24) is 63.4 Å². The molecule has 2 aliphatic rings. The molecule has 0 saturated carbocycles. The fourth-order valence-corrected chi connectivity index (χ4v) is 13.6. The topological polar surface area (TPSA) is 528 Å². The summed E-state index contributed by atoms with van der Waals surface area (Å²) in [5.41, 5.74) is 23.5. The average Bonchev–Trinajstić information content (AvgIpc) is 1.56. The Morgan fingerprint density at radius 3 is 1.42 bits per heavy atom. The molecule has 12 amide bonds. The van der Waals surface area contributed by atoms with Crippen LogP contribution in [-0.2, 0) is 71.9 Å². The van der Waals surface area contributed by atoms with E-state index in [1.165, 1.54) is 24.7 Å². The van der Waals surface area contributed by atoms with Crippen molar-refractivity contribution in [2.45, 2.75) is 335 Å². The zero-order valence-corrected chi connectivity index (χ0v) is 69.3. The second-order valence-electron chi connectivity index (χ2n) is 31.6. The molecule has 33 nitrogen and oxygen atoms in total. The number of ether oxygens (including phenoxy) is 1. The van der Waals surface area contributed by atoms with Crippen LogP contribution in [0, 0.1) is 35.5 Å². The van der Waals surface area contributed by atoms with Crippen LogP contribution in [-0.4, -0.2) is 222 Å². The Bertz CT molecular complexity index is 2950. The number of aliphatic hydroxyl groups is 2. The predicted molar refractivity (Wildman–Crippen MR) is 426 cm³/mol. The number of rotatable bonds is 40. The molecule has 2 fully saturated rings. The minimum absolute atomic E-state index is 0.00879. The lowest BCUT2D eigenvalue weighted by atomic mass is 9.90. The Labute approximate surface area is 664 Å². The van der Waals surface area contributed by atoms with Crippen LogP contribution in [0.5, 0.6) is 0 Å². The van der Waals surface area contributed by atoms with E-state index in [0.29, 0.717) is 64.3 Å². The number of nitrogens with two attached hydrogens (primary N) is 4. The van der Waals surface area contributed by atoms with Gasteiger partial charge in [-0.3, -0.25) is 62.3 Å². The van der Waals surface area contributed by atoms with Gasteiger partial charge in [0, 0.05) is 25.3 Å². The second-order valence-corrected chi connectivity index (χ2v) is 31.6. The molecule has 16 atom stereocenters. The molecule has 0 aliphatic carbocycles. The highest BCUT2D eigenvalue weighted by atomic mass is 16.5. The van der Waals surface area contributed by atoms with Crippen molar-refractivity contribution in [3.63, 3.8) is 0 Å². The largest absolute Gasteiger partial charge is 0.458 e. The van der Waals surface area contributed by atoms with Crippen molar-refractivity contribution in [2.75, 3.05) is 45.9 Å². The van der Waals surface area contributed by atoms with Gasteiger partial charge in [0.2, 0.25) is 70.9 Å². The molecule has 0 aromatic heterocycles. The van der Waals surface area contributed by atoms with E-state index in [1.54, 1.807) is 69.2 Å². The molecule has 2 saturated heterocycles. The number of cyclic esters (lactones) is 1. The van der Waals surface area contributed by atoms with Gasteiger partial charge in [-0.1, -0.05) is 147 Å². The molecule has 0 unspecified atom stereocenters. The van der Waals surface area contributed by atoms with Crippen molar-refractivity contribution in [3.05, 3.63) is 0 Å². The summed E-state index contributed by atoms with van der Waals surface area (Å²) in [7, 11) is 0. The summed E-state index contributed by atoms with van der Waals surface area (Å²) in [4.78, 5) is 206. The van der Waals surface area contributed by atoms with Gasteiger partial charge in [-0.25, -0.2) is 4.79 Å². The summed E-state index contributed by atoms with van der Waals surface area (Å²) in [5, 5.41) is 51.1. The highest BCUT2D eigenvalue weighted by Gasteiger charge is 2.44. The first-order chi connectivity index (χ1) is 53.2. The first kappa shape index (κ1) is 101. The highest BCUT2D eigenvalue weighted by molar-refractivity contribution is 6.00. The van der Waals surface area contributed by atoms with E-state index >= 15 is 9.59 Å². The number of nitrogens with zero attached hydrogens (tertiary/aromatic N) is 1. The Hall–Kier alpha value is -7.46. The number of fused-ring (bicyclic) bond motifs is 1. The quantitative estimate of drug-likeness (QED) is 0.0304. The monoisotopic (exact) mass is 1590 g/mol. The minimum Gasteiger partial charge on any atom is -0.458 e. The first-order valence-corrected chi connectivity index (χ1v) is 41.6. The number of nitrogens with one attached hydrogen (secondary N) is 11. The molecule has 112 heavy (non-hydrogen) atoms. The van der Waals surface area contributed by atoms with E-state index in [9.17, 15) is 67.7 Å². The van der Waals surface area contributed by atoms with Gasteiger partial charge in [0.15, 0.2) is 5.78 Å². The summed E-state index contributed by atoms with van der Waals surface area (Å²) in [6.07, 6.45) is 11.1. The van der Waals surface area contributed by atoms with Gasteiger partial charge in [-0.15, -0.1) is 0 Å². The minimum atomic E-state index is -1.83. The number of unbranched alkanes of at least 4 members (excludes halogenated alkanes) is 12. The van der Waals surface area contributed by atoms with Gasteiger partial charge in [0.05, 0.1) is 13.2 Å². The van der Waals surface area contributed by atoms with E-state index in [0.717, 1.165) is 38.5 Å². The summed E-state index contributed by atoms with van der Waals surface area (Å²) >= 11 is 0. The maximum atomic E-state index is 15.4. The zero-order valence-electron chi connectivity index (χ0n) is 69.3. The standard InChI is InChI=1S/C79H144N16O17/c1-13-16-17-18-19-20-21-22-23-38-61(99)84-54(34-25-29-40-81)70(102)89-64(49(8)9)77(109)94-67-52(12)112-79(111)66(51(11)15-3)93-71(103)56(36-27-31-42-83)86-76(108)63(48(6)7)91-74(106)59-37-32-43-95(59)78(110)65(50(10)14-2)92-73(105)58(46-97)88-69(101)55(35-26-30-41-82)85-75(107)62(47(4)5)90-72(104)57(45-96)87-68(100)53(44-60(67)98)33-24-28-39-80/h47-59,62-67,96-97H,13-46,80-83H2,1-12H3,(H,84,99)(H,85,107)(H,86,108)(H,87,100)(H,88,101)(H,89,102)(H,90,104)(H,91,106)(H,92,105)(H,93,103)(H,94,109)/t50-,51-,52+,53-,54+,55+,56-,57-,58+,59-,62-,63-,64-,65-,66-,67-/m0/s1. The number of carbonyl (C=O) groups excluding carboxylic acids is 14. The van der Waals surface area contributed by atoms with Crippen molar-refractivity contribution >= 4 is 82.6 Å². The molecule has 21 N–H and O–H groups in total. The van der Waals surface area contributed by atoms with Crippen molar-refractivity contribution in [2.24, 2.45) is 58.4 Å². The van der Waals surface area contributed by atoms with Gasteiger partial charge in [-0.05, 0) is 153 Å². The number of esters is 1. The van der Waals surface area contributed by atoms with Crippen LogP contribution in [0.4, 0.5) is 0 Å². The van der Waals surface area contributed by atoms with Crippen LogP contribution in [0.25, 0.3) is 0 Å².